The summed E-state index contributed by atoms with van der Waals surface area (Å²) in [5.41, 5.74) is 2.23. The largest absolute Gasteiger partial charge is 0.301 e. The van der Waals surface area contributed by atoms with Crippen molar-refractivity contribution in [2.24, 2.45) is 0 Å². The Morgan fingerprint density at radius 3 is 2.32 bits per heavy atom. The van der Waals surface area contributed by atoms with Gasteiger partial charge in [-0.2, -0.15) is 0 Å². The molecule has 0 saturated heterocycles. The minimum absolute atomic E-state index is 0.162. The second kappa shape index (κ2) is 9.74. The lowest BCUT2D eigenvalue weighted by atomic mass is 9.94. The zero-order chi connectivity index (χ0) is 23.5. The van der Waals surface area contributed by atoms with E-state index in [1.54, 1.807) is 23.9 Å². The Bertz CT molecular complexity index is 1340. The molecule has 9 heteroatoms. The smallest absolute Gasteiger partial charge is 0.261 e. The molecule has 0 aliphatic carbocycles. The molecule has 1 aliphatic rings. The summed E-state index contributed by atoms with van der Waals surface area (Å²) in [7, 11) is 0. The molecule has 170 valence electrons. The van der Waals surface area contributed by atoms with Crippen LogP contribution in [0, 0.1) is 0 Å². The van der Waals surface area contributed by atoms with Gasteiger partial charge in [0.15, 0.2) is 4.34 Å². The summed E-state index contributed by atoms with van der Waals surface area (Å²) in [6.45, 7) is 0.171. The van der Waals surface area contributed by atoms with Crippen LogP contribution in [0.1, 0.15) is 39.1 Å². The summed E-state index contributed by atoms with van der Waals surface area (Å²) in [6.07, 6.45) is 0.519. The highest BCUT2D eigenvalue weighted by Gasteiger charge is 2.32. The molecular formula is C25H20N4O3S2. The fourth-order valence-electron chi connectivity index (χ4n) is 3.90. The third kappa shape index (κ3) is 4.57. The number of rotatable bonds is 8. The number of hydrogen-bond donors (Lipinski definition) is 1. The molecule has 0 radical (unpaired) electrons. The Labute approximate surface area is 204 Å². The lowest BCUT2D eigenvalue weighted by molar-refractivity contribution is -0.116. The average Bonchev–Trinajstić information content (AvgIpc) is 3.31. The van der Waals surface area contributed by atoms with Gasteiger partial charge >= 0.3 is 0 Å². The number of benzene rings is 3. The molecule has 4 aromatic rings. The summed E-state index contributed by atoms with van der Waals surface area (Å²) in [6, 6.07) is 20.9. The van der Waals surface area contributed by atoms with Crippen LogP contribution in [0.25, 0.3) is 10.8 Å². The van der Waals surface area contributed by atoms with E-state index in [1.165, 1.54) is 21.8 Å². The van der Waals surface area contributed by atoms with Gasteiger partial charge < -0.3 is 5.32 Å². The van der Waals surface area contributed by atoms with Crippen LogP contribution >= 0.6 is 23.1 Å². The Hall–Kier alpha value is -3.56. The normalized spacial score (nSPS) is 12.9. The van der Waals surface area contributed by atoms with Gasteiger partial charge in [-0.25, -0.2) is 0 Å². The number of aromatic nitrogens is 2. The Kier molecular flexibility index (Phi) is 6.37. The first kappa shape index (κ1) is 22.2. The minimum atomic E-state index is -0.320. The van der Waals surface area contributed by atoms with Crippen molar-refractivity contribution in [3.8, 4) is 0 Å². The topological polar surface area (TPSA) is 92.3 Å². The van der Waals surface area contributed by atoms with Crippen molar-refractivity contribution in [2.75, 3.05) is 11.9 Å². The molecule has 34 heavy (non-hydrogen) atoms. The van der Waals surface area contributed by atoms with Crippen molar-refractivity contribution in [1.82, 2.24) is 15.1 Å². The highest BCUT2D eigenvalue weighted by Crippen LogP contribution is 2.30. The van der Waals surface area contributed by atoms with Crippen LogP contribution in [0.5, 0.6) is 0 Å². The van der Waals surface area contributed by atoms with Crippen molar-refractivity contribution in [3.05, 3.63) is 83.4 Å². The summed E-state index contributed by atoms with van der Waals surface area (Å²) in [5, 5.41) is 12.9. The molecule has 0 fully saturated rings. The number of carbonyl (C=O) groups is 3. The predicted molar refractivity (Wildman–Crippen MR) is 133 cm³/mol. The van der Waals surface area contributed by atoms with Crippen LogP contribution in [0.3, 0.4) is 0 Å². The van der Waals surface area contributed by atoms with Gasteiger partial charge in [0.1, 0.15) is 0 Å². The molecule has 7 nitrogen and oxygen atoms in total. The number of amides is 3. The quantitative estimate of drug-likeness (QED) is 0.213. The zero-order valence-corrected chi connectivity index (χ0v) is 19.7. The van der Waals surface area contributed by atoms with Crippen LogP contribution in [0.2, 0.25) is 0 Å². The van der Waals surface area contributed by atoms with Gasteiger partial charge in [-0.05, 0) is 29.5 Å². The highest BCUT2D eigenvalue weighted by molar-refractivity contribution is 8.00. The first-order chi connectivity index (χ1) is 16.6. The van der Waals surface area contributed by atoms with Crippen LogP contribution < -0.4 is 5.32 Å². The van der Waals surface area contributed by atoms with Crippen LogP contribution in [-0.4, -0.2) is 39.4 Å². The van der Waals surface area contributed by atoms with Crippen molar-refractivity contribution in [1.29, 1.82) is 0 Å². The van der Waals surface area contributed by atoms with E-state index in [-0.39, 0.29) is 30.7 Å². The summed E-state index contributed by atoms with van der Waals surface area (Å²) >= 11 is 2.89. The van der Waals surface area contributed by atoms with Gasteiger partial charge in [0.25, 0.3) is 11.8 Å². The SMILES string of the molecule is O=C(CCCN1C(=O)c2cccc3cccc(c23)C1=O)Nc1nnc(SCc2ccccc2)s1. The predicted octanol–water partition coefficient (Wildman–Crippen LogP) is 5.00. The minimum Gasteiger partial charge on any atom is -0.301 e. The molecule has 0 unspecified atom stereocenters. The molecule has 0 saturated carbocycles. The van der Waals surface area contributed by atoms with Gasteiger partial charge in [-0.3, -0.25) is 19.3 Å². The van der Waals surface area contributed by atoms with Gasteiger partial charge in [-0.15, -0.1) is 10.2 Å². The molecule has 1 aliphatic heterocycles. The zero-order valence-electron chi connectivity index (χ0n) is 18.1. The molecule has 3 aromatic carbocycles. The molecule has 5 rings (SSSR count). The standard InChI is InChI=1S/C25H20N4O3S2/c30-20(26-24-27-28-25(34-24)33-15-16-7-2-1-3-8-16)13-6-14-29-22(31)18-11-4-9-17-10-5-12-19(21(17)18)23(29)32/h1-5,7-12H,6,13-15H2,(H,26,27,30). The second-order valence-electron chi connectivity index (χ2n) is 7.77. The van der Waals surface area contributed by atoms with Gasteiger partial charge in [-0.1, -0.05) is 77.7 Å². The Morgan fingerprint density at radius 2 is 1.62 bits per heavy atom. The molecular weight excluding hydrogens is 468 g/mol. The maximum atomic E-state index is 12.9. The lowest BCUT2D eigenvalue weighted by Gasteiger charge is -2.27. The number of thioether (sulfide) groups is 1. The van der Waals surface area contributed by atoms with Crippen molar-refractivity contribution < 1.29 is 14.4 Å². The number of hydrogen-bond acceptors (Lipinski definition) is 7. The number of nitrogens with one attached hydrogen (secondary N) is 1. The van der Waals surface area contributed by atoms with Gasteiger partial charge in [0, 0.05) is 35.2 Å². The Balaban J connectivity index is 1.14. The molecule has 2 heterocycles. The van der Waals surface area contributed by atoms with E-state index in [1.807, 2.05) is 54.6 Å². The van der Waals surface area contributed by atoms with Gasteiger partial charge in [0.2, 0.25) is 11.0 Å². The van der Waals surface area contributed by atoms with Crippen LogP contribution in [-0.2, 0) is 10.5 Å². The van der Waals surface area contributed by atoms with E-state index in [0.717, 1.165) is 15.5 Å². The second-order valence-corrected chi connectivity index (χ2v) is 9.97. The van der Waals surface area contributed by atoms with E-state index < -0.39 is 0 Å². The van der Waals surface area contributed by atoms with E-state index in [0.29, 0.717) is 28.1 Å². The Morgan fingerprint density at radius 1 is 0.912 bits per heavy atom. The number of anilines is 1. The first-order valence-corrected chi connectivity index (χ1v) is 12.6. The van der Waals surface area contributed by atoms with Crippen LogP contribution in [0.4, 0.5) is 5.13 Å². The summed E-state index contributed by atoms with van der Waals surface area (Å²) in [4.78, 5) is 39.5. The highest BCUT2D eigenvalue weighted by atomic mass is 32.2. The number of carbonyl (C=O) groups excluding carboxylic acids is 3. The molecule has 1 aromatic heterocycles. The fourth-order valence-corrected chi connectivity index (χ4v) is 5.62. The average molecular weight is 489 g/mol. The van der Waals surface area contributed by atoms with Crippen LogP contribution in [0.15, 0.2) is 71.1 Å². The van der Waals surface area contributed by atoms with Crippen molar-refractivity contribution >= 4 is 56.7 Å². The van der Waals surface area contributed by atoms with E-state index in [9.17, 15) is 14.4 Å². The fraction of sp³-hybridized carbons (Fsp3) is 0.160. The summed E-state index contributed by atoms with van der Waals surface area (Å²) < 4.78 is 0.775. The summed E-state index contributed by atoms with van der Waals surface area (Å²) in [5.74, 6) is -0.0916. The third-order valence-electron chi connectivity index (χ3n) is 5.50. The van der Waals surface area contributed by atoms with Gasteiger partial charge in [0.05, 0.1) is 0 Å². The lowest BCUT2D eigenvalue weighted by Crippen LogP contribution is -2.41. The maximum absolute atomic E-state index is 12.9. The third-order valence-corrected chi connectivity index (χ3v) is 7.54. The molecule has 1 N–H and O–H groups in total. The first-order valence-electron chi connectivity index (χ1n) is 10.8. The molecule has 0 bridgehead atoms. The van der Waals surface area contributed by atoms with Crippen molar-refractivity contribution in [3.63, 3.8) is 0 Å². The van der Waals surface area contributed by atoms with E-state index in [4.69, 9.17) is 0 Å². The number of imide groups is 1. The van der Waals surface area contributed by atoms with E-state index in [2.05, 4.69) is 15.5 Å². The monoisotopic (exact) mass is 488 g/mol. The maximum Gasteiger partial charge on any atom is 0.261 e. The van der Waals surface area contributed by atoms with E-state index >= 15 is 0 Å². The molecule has 0 spiro atoms. The van der Waals surface area contributed by atoms with Crippen molar-refractivity contribution in [2.45, 2.75) is 22.9 Å². The molecule has 0 atom stereocenters. The number of nitrogens with zero attached hydrogens (tertiary/aromatic N) is 3. The molecule has 3 amide bonds.